The van der Waals surface area contributed by atoms with Gasteiger partial charge in [0.15, 0.2) is 0 Å². The monoisotopic (exact) mass is 681 g/mol. The number of amides is 2. The van der Waals surface area contributed by atoms with Crippen LogP contribution < -0.4 is 15.5 Å². The van der Waals surface area contributed by atoms with E-state index < -0.39 is 29.7 Å². The molecule has 2 N–H and O–H groups in total. The number of anilines is 2. The highest BCUT2D eigenvalue weighted by Crippen LogP contribution is 2.34. The van der Waals surface area contributed by atoms with Crippen molar-refractivity contribution in [1.29, 1.82) is 0 Å². The van der Waals surface area contributed by atoms with Gasteiger partial charge >= 0.3 is 18.1 Å². The van der Waals surface area contributed by atoms with Crippen LogP contribution in [0.25, 0.3) is 11.1 Å². The minimum Gasteiger partial charge on any atom is -0.466 e. The maximum absolute atomic E-state index is 13.3. The van der Waals surface area contributed by atoms with Gasteiger partial charge in [0.25, 0.3) is 5.91 Å². The van der Waals surface area contributed by atoms with Gasteiger partial charge in [-0.1, -0.05) is 24.3 Å². The van der Waals surface area contributed by atoms with E-state index in [0.29, 0.717) is 35.5 Å². The molecule has 0 spiro atoms. The molecule has 3 aromatic carbocycles. The van der Waals surface area contributed by atoms with E-state index in [1.807, 2.05) is 25.1 Å². The number of esters is 2. The summed E-state index contributed by atoms with van der Waals surface area (Å²) in [6.07, 6.45) is -2.58. The number of ether oxygens (including phenoxy) is 2. The van der Waals surface area contributed by atoms with Gasteiger partial charge in [0.1, 0.15) is 6.04 Å². The molecule has 0 bridgehead atoms. The summed E-state index contributed by atoms with van der Waals surface area (Å²) in [5, 5.41) is 5.64. The third-order valence-corrected chi connectivity index (χ3v) is 8.45. The Bertz CT molecular complexity index is 1600. The highest BCUT2D eigenvalue weighted by molar-refractivity contribution is 6.09. The van der Waals surface area contributed by atoms with Crippen LogP contribution >= 0.6 is 0 Å². The van der Waals surface area contributed by atoms with Crippen molar-refractivity contribution in [3.63, 3.8) is 0 Å². The summed E-state index contributed by atoms with van der Waals surface area (Å²) in [7, 11) is 0. The molecule has 3 aromatic rings. The SMILES string of the molecule is CCOC(=O)CC[C@@H](NC(=O)CC1CCN(c2ccc(NC(=O)c3cccc(C)c3-c3ccc(C(F)(F)F)cc3)cc2)CC1)C(=O)OCC. The molecule has 1 aliphatic heterocycles. The molecular formula is C37H42F3N3O6. The number of halogens is 3. The number of hydrogen-bond acceptors (Lipinski definition) is 7. The predicted molar refractivity (Wildman–Crippen MR) is 180 cm³/mol. The van der Waals surface area contributed by atoms with E-state index in [2.05, 4.69) is 15.5 Å². The van der Waals surface area contributed by atoms with Crippen molar-refractivity contribution in [3.8, 4) is 11.1 Å². The van der Waals surface area contributed by atoms with E-state index >= 15 is 0 Å². The fourth-order valence-corrected chi connectivity index (χ4v) is 5.92. The lowest BCUT2D eigenvalue weighted by molar-refractivity contribution is -0.149. The van der Waals surface area contributed by atoms with Gasteiger partial charge < -0.3 is 25.0 Å². The van der Waals surface area contributed by atoms with E-state index in [1.54, 1.807) is 38.1 Å². The Morgan fingerprint density at radius 3 is 2.16 bits per heavy atom. The summed E-state index contributed by atoms with van der Waals surface area (Å²) in [5.41, 5.74) is 2.96. The van der Waals surface area contributed by atoms with Gasteiger partial charge in [0.2, 0.25) is 5.91 Å². The largest absolute Gasteiger partial charge is 0.466 e. The standard InChI is InChI=1S/C37H42F3N3O6/c1-4-48-33(45)18-17-31(36(47)49-5-2)42-32(44)23-25-19-21-43(22-20-25)29-15-13-28(14-16-29)41-35(46)30-8-6-7-24(3)34(30)26-9-11-27(12-10-26)37(38,39)40/h6-16,25,31H,4-5,17-23H2,1-3H3,(H,41,46)(H,42,44)/t31-/m1/s1. The molecular weight excluding hydrogens is 639 g/mol. The Morgan fingerprint density at radius 2 is 1.55 bits per heavy atom. The van der Waals surface area contributed by atoms with Crippen LogP contribution in [-0.2, 0) is 30.0 Å². The van der Waals surface area contributed by atoms with Crippen LogP contribution in [0.4, 0.5) is 24.5 Å². The number of aryl methyl sites for hydroxylation is 1. The second kappa shape index (κ2) is 17.0. The zero-order valence-corrected chi connectivity index (χ0v) is 27.9. The Labute approximate surface area is 284 Å². The van der Waals surface area contributed by atoms with Crippen molar-refractivity contribution in [2.24, 2.45) is 5.92 Å². The summed E-state index contributed by atoms with van der Waals surface area (Å²) < 4.78 is 49.3. The van der Waals surface area contributed by atoms with Gasteiger partial charge in [-0.05, 0) is 105 Å². The summed E-state index contributed by atoms with van der Waals surface area (Å²) in [4.78, 5) is 52.5. The van der Waals surface area contributed by atoms with Crippen molar-refractivity contribution >= 4 is 35.1 Å². The van der Waals surface area contributed by atoms with Crippen molar-refractivity contribution in [3.05, 3.63) is 83.4 Å². The first-order valence-corrected chi connectivity index (χ1v) is 16.4. The molecule has 0 radical (unpaired) electrons. The molecule has 9 nitrogen and oxygen atoms in total. The van der Waals surface area contributed by atoms with Gasteiger partial charge in [-0.25, -0.2) is 4.79 Å². The first-order chi connectivity index (χ1) is 23.4. The number of hydrogen-bond donors (Lipinski definition) is 2. The third-order valence-electron chi connectivity index (χ3n) is 8.45. The molecule has 0 aliphatic carbocycles. The first kappa shape index (κ1) is 37.0. The number of nitrogens with one attached hydrogen (secondary N) is 2. The Morgan fingerprint density at radius 1 is 0.898 bits per heavy atom. The number of alkyl halides is 3. The van der Waals surface area contributed by atoms with Crippen molar-refractivity contribution in [2.75, 3.05) is 36.5 Å². The van der Waals surface area contributed by atoms with Crippen LogP contribution in [0.2, 0.25) is 0 Å². The maximum Gasteiger partial charge on any atom is 0.416 e. The molecule has 0 saturated carbocycles. The first-order valence-electron chi connectivity index (χ1n) is 16.4. The lowest BCUT2D eigenvalue weighted by Gasteiger charge is -2.33. The van der Waals surface area contributed by atoms with Crippen LogP contribution in [0, 0.1) is 12.8 Å². The quantitative estimate of drug-likeness (QED) is 0.188. The summed E-state index contributed by atoms with van der Waals surface area (Å²) in [6.45, 7) is 7.01. The molecule has 1 aliphatic rings. The molecule has 1 fully saturated rings. The van der Waals surface area contributed by atoms with Gasteiger partial charge in [-0.15, -0.1) is 0 Å². The topological polar surface area (TPSA) is 114 Å². The van der Waals surface area contributed by atoms with Gasteiger partial charge in [-0.2, -0.15) is 13.2 Å². The molecule has 49 heavy (non-hydrogen) atoms. The van der Waals surface area contributed by atoms with Crippen LogP contribution in [0.5, 0.6) is 0 Å². The average Bonchev–Trinajstić information content (AvgIpc) is 3.07. The van der Waals surface area contributed by atoms with Crippen molar-refractivity contribution in [1.82, 2.24) is 5.32 Å². The van der Waals surface area contributed by atoms with Gasteiger partial charge in [-0.3, -0.25) is 14.4 Å². The second-order valence-electron chi connectivity index (χ2n) is 11.9. The van der Waals surface area contributed by atoms with Crippen LogP contribution in [0.1, 0.15) is 67.4 Å². The highest BCUT2D eigenvalue weighted by atomic mass is 19.4. The van der Waals surface area contributed by atoms with Crippen molar-refractivity contribution < 1.29 is 41.8 Å². The minimum atomic E-state index is -4.45. The third kappa shape index (κ3) is 10.3. The number of carbonyl (C=O) groups excluding carboxylic acids is 4. The molecule has 1 saturated heterocycles. The number of rotatable bonds is 13. The highest BCUT2D eigenvalue weighted by Gasteiger charge is 2.30. The average molecular weight is 682 g/mol. The Hall–Kier alpha value is -4.87. The lowest BCUT2D eigenvalue weighted by Crippen LogP contribution is -2.43. The number of piperidine rings is 1. The lowest BCUT2D eigenvalue weighted by atomic mass is 9.92. The number of nitrogens with zero attached hydrogens (tertiary/aromatic N) is 1. The van der Waals surface area contributed by atoms with E-state index in [0.717, 1.165) is 36.2 Å². The zero-order valence-electron chi connectivity index (χ0n) is 27.9. The fourth-order valence-electron chi connectivity index (χ4n) is 5.92. The summed E-state index contributed by atoms with van der Waals surface area (Å²) >= 11 is 0. The maximum atomic E-state index is 13.3. The number of benzene rings is 3. The van der Waals surface area contributed by atoms with Crippen LogP contribution in [0.3, 0.4) is 0 Å². The molecule has 262 valence electrons. The fraction of sp³-hybridized carbons (Fsp3) is 0.405. The summed E-state index contributed by atoms with van der Waals surface area (Å²) in [6, 6.07) is 16.5. The van der Waals surface area contributed by atoms with Crippen LogP contribution in [-0.4, -0.2) is 56.1 Å². The number of carbonyl (C=O) groups is 4. The van der Waals surface area contributed by atoms with Crippen molar-refractivity contribution in [2.45, 2.75) is 65.1 Å². The van der Waals surface area contributed by atoms with E-state index in [9.17, 15) is 32.3 Å². The van der Waals surface area contributed by atoms with E-state index in [1.165, 1.54) is 12.1 Å². The molecule has 0 aromatic heterocycles. The Balaban J connectivity index is 1.31. The molecule has 4 rings (SSSR count). The summed E-state index contributed by atoms with van der Waals surface area (Å²) in [5.74, 6) is -1.54. The smallest absolute Gasteiger partial charge is 0.416 e. The predicted octanol–water partition coefficient (Wildman–Crippen LogP) is 6.93. The molecule has 1 atom stereocenters. The Kier molecular flexibility index (Phi) is 12.8. The molecule has 12 heteroatoms. The van der Waals surface area contributed by atoms with Crippen LogP contribution in [0.15, 0.2) is 66.7 Å². The molecule has 0 unspecified atom stereocenters. The van der Waals surface area contributed by atoms with E-state index in [4.69, 9.17) is 9.47 Å². The molecule has 2 amide bonds. The molecule has 1 heterocycles. The normalized spacial score (nSPS) is 14.1. The van der Waals surface area contributed by atoms with Gasteiger partial charge in [0.05, 0.1) is 18.8 Å². The second-order valence-corrected chi connectivity index (χ2v) is 11.9. The van der Waals surface area contributed by atoms with Gasteiger partial charge in [0, 0.05) is 42.9 Å². The van der Waals surface area contributed by atoms with E-state index in [-0.39, 0.29) is 50.2 Å². The zero-order chi connectivity index (χ0) is 35.6. The minimum absolute atomic E-state index is 0.00580.